The first-order valence-electron chi connectivity index (χ1n) is 8.79. The van der Waals surface area contributed by atoms with Crippen molar-refractivity contribution in [2.24, 2.45) is 0 Å². The Bertz CT molecular complexity index is 1080. The minimum absolute atomic E-state index is 0.0453. The molecule has 1 amide bonds. The standard InChI is InChI=1S/C20H18N6OS/c1-13(15-5-3-8-22-12-15)24-20-25-16-6-9-28-18(16)17(26-20)19(27)23-11-14-4-2-7-21-10-14/h2-10,12-13H,11H2,1H3,(H,23,27)(H,24,25,26). The number of hydrogen-bond acceptors (Lipinski definition) is 7. The molecule has 8 heteroatoms. The number of hydrogen-bond donors (Lipinski definition) is 2. The summed E-state index contributed by atoms with van der Waals surface area (Å²) in [6, 6.07) is 9.46. The van der Waals surface area contributed by atoms with E-state index in [1.165, 1.54) is 11.3 Å². The van der Waals surface area contributed by atoms with Crippen LogP contribution in [0.15, 0.2) is 60.5 Å². The lowest BCUT2D eigenvalue weighted by atomic mass is 10.1. The zero-order valence-corrected chi connectivity index (χ0v) is 16.0. The van der Waals surface area contributed by atoms with Crippen LogP contribution in [0.1, 0.15) is 34.6 Å². The fourth-order valence-electron chi connectivity index (χ4n) is 2.76. The van der Waals surface area contributed by atoms with Crippen LogP contribution >= 0.6 is 11.3 Å². The van der Waals surface area contributed by atoms with Gasteiger partial charge < -0.3 is 10.6 Å². The largest absolute Gasteiger partial charge is 0.348 e. The first-order valence-corrected chi connectivity index (χ1v) is 9.67. The molecule has 28 heavy (non-hydrogen) atoms. The molecular weight excluding hydrogens is 372 g/mol. The second kappa shape index (κ2) is 8.10. The first-order chi connectivity index (χ1) is 13.7. The maximum absolute atomic E-state index is 12.8. The van der Waals surface area contributed by atoms with Crippen molar-refractivity contribution >= 4 is 33.4 Å². The number of carbonyl (C=O) groups excluding carboxylic acids is 1. The summed E-state index contributed by atoms with van der Waals surface area (Å²) in [5.41, 5.74) is 3.05. The highest BCUT2D eigenvalue weighted by Gasteiger charge is 2.17. The fourth-order valence-corrected chi connectivity index (χ4v) is 3.58. The van der Waals surface area contributed by atoms with Gasteiger partial charge in [-0.25, -0.2) is 9.97 Å². The highest BCUT2D eigenvalue weighted by atomic mass is 32.1. The van der Waals surface area contributed by atoms with E-state index in [9.17, 15) is 4.79 Å². The average molecular weight is 390 g/mol. The number of fused-ring (bicyclic) bond motifs is 1. The zero-order valence-electron chi connectivity index (χ0n) is 15.2. The normalized spacial score (nSPS) is 11.9. The maximum Gasteiger partial charge on any atom is 0.271 e. The van der Waals surface area contributed by atoms with Gasteiger partial charge in [0, 0.05) is 31.3 Å². The van der Waals surface area contributed by atoms with Crippen LogP contribution in [-0.4, -0.2) is 25.8 Å². The van der Waals surface area contributed by atoms with E-state index in [0.717, 1.165) is 21.3 Å². The van der Waals surface area contributed by atoms with Crippen molar-refractivity contribution in [2.45, 2.75) is 19.5 Å². The predicted octanol–water partition coefficient (Wildman–Crippen LogP) is 3.58. The molecule has 7 nitrogen and oxygen atoms in total. The molecule has 0 saturated carbocycles. The highest BCUT2D eigenvalue weighted by Crippen LogP contribution is 2.25. The van der Waals surface area contributed by atoms with Crippen LogP contribution < -0.4 is 10.6 Å². The third-order valence-electron chi connectivity index (χ3n) is 4.22. The summed E-state index contributed by atoms with van der Waals surface area (Å²) in [5.74, 6) is 0.171. The van der Waals surface area contributed by atoms with Gasteiger partial charge in [0.1, 0.15) is 0 Å². The Labute approximate surface area is 165 Å². The van der Waals surface area contributed by atoms with Crippen LogP contribution in [0.3, 0.4) is 0 Å². The van der Waals surface area contributed by atoms with E-state index in [4.69, 9.17) is 0 Å². The molecule has 0 aromatic carbocycles. The van der Waals surface area contributed by atoms with Crippen LogP contribution in [0.5, 0.6) is 0 Å². The molecule has 140 valence electrons. The van der Waals surface area contributed by atoms with Crippen LogP contribution in [-0.2, 0) is 6.54 Å². The molecule has 0 saturated heterocycles. The van der Waals surface area contributed by atoms with Gasteiger partial charge in [-0.1, -0.05) is 12.1 Å². The lowest BCUT2D eigenvalue weighted by molar-refractivity contribution is 0.0948. The zero-order chi connectivity index (χ0) is 19.3. The number of amides is 1. The summed E-state index contributed by atoms with van der Waals surface area (Å²) in [7, 11) is 0. The number of thiophene rings is 1. The van der Waals surface area contributed by atoms with Gasteiger partial charge in [-0.05, 0) is 41.6 Å². The molecule has 0 aliphatic rings. The second-order valence-corrected chi connectivity index (χ2v) is 7.14. The Morgan fingerprint density at radius 3 is 2.68 bits per heavy atom. The second-order valence-electron chi connectivity index (χ2n) is 6.23. The van der Waals surface area contributed by atoms with Gasteiger partial charge in [0.15, 0.2) is 5.69 Å². The minimum atomic E-state index is -0.240. The highest BCUT2D eigenvalue weighted by molar-refractivity contribution is 7.17. The summed E-state index contributed by atoms with van der Waals surface area (Å²) in [4.78, 5) is 30.0. The van der Waals surface area contributed by atoms with Crippen molar-refractivity contribution in [3.8, 4) is 0 Å². The van der Waals surface area contributed by atoms with Crippen molar-refractivity contribution in [3.63, 3.8) is 0 Å². The fraction of sp³-hybridized carbons (Fsp3) is 0.150. The van der Waals surface area contributed by atoms with Gasteiger partial charge >= 0.3 is 0 Å². The summed E-state index contributed by atoms with van der Waals surface area (Å²) >= 11 is 1.45. The van der Waals surface area contributed by atoms with E-state index in [-0.39, 0.29) is 11.9 Å². The summed E-state index contributed by atoms with van der Waals surface area (Å²) in [6.45, 7) is 2.39. The molecule has 4 aromatic heterocycles. The SMILES string of the molecule is CC(Nc1nc(C(=O)NCc2cccnc2)c2sccc2n1)c1cccnc1. The van der Waals surface area contributed by atoms with Gasteiger partial charge in [-0.15, -0.1) is 11.3 Å². The van der Waals surface area contributed by atoms with E-state index in [0.29, 0.717) is 18.2 Å². The van der Waals surface area contributed by atoms with Crippen molar-refractivity contribution < 1.29 is 4.79 Å². The minimum Gasteiger partial charge on any atom is -0.348 e. The Morgan fingerprint density at radius 1 is 1.11 bits per heavy atom. The molecule has 0 aliphatic heterocycles. The van der Waals surface area contributed by atoms with Crippen molar-refractivity contribution in [1.82, 2.24) is 25.3 Å². The van der Waals surface area contributed by atoms with Crippen molar-refractivity contribution in [3.05, 3.63) is 77.3 Å². The average Bonchev–Trinajstić information content (AvgIpc) is 3.21. The number of aromatic nitrogens is 4. The topological polar surface area (TPSA) is 92.7 Å². The molecule has 0 spiro atoms. The van der Waals surface area contributed by atoms with Crippen LogP contribution in [0, 0.1) is 0 Å². The molecule has 0 fully saturated rings. The number of carbonyl (C=O) groups is 1. The number of nitrogens with zero attached hydrogens (tertiary/aromatic N) is 4. The van der Waals surface area contributed by atoms with E-state index >= 15 is 0 Å². The van der Waals surface area contributed by atoms with Gasteiger partial charge in [0.2, 0.25) is 5.95 Å². The van der Waals surface area contributed by atoms with Crippen molar-refractivity contribution in [1.29, 1.82) is 0 Å². The number of rotatable bonds is 6. The third kappa shape index (κ3) is 3.96. The maximum atomic E-state index is 12.8. The molecule has 1 atom stereocenters. The van der Waals surface area contributed by atoms with E-state index in [2.05, 4.69) is 30.6 Å². The first kappa shape index (κ1) is 18.0. The summed E-state index contributed by atoms with van der Waals surface area (Å²) in [5, 5.41) is 8.08. The number of pyridine rings is 2. The number of nitrogens with one attached hydrogen (secondary N) is 2. The van der Waals surface area contributed by atoms with Crippen LogP contribution in [0.2, 0.25) is 0 Å². The summed E-state index contributed by atoms with van der Waals surface area (Å²) < 4.78 is 0.767. The van der Waals surface area contributed by atoms with Gasteiger partial charge in [0.25, 0.3) is 5.91 Å². The Morgan fingerprint density at radius 2 is 1.93 bits per heavy atom. The molecule has 4 rings (SSSR count). The smallest absolute Gasteiger partial charge is 0.271 e. The number of anilines is 1. The predicted molar refractivity (Wildman–Crippen MR) is 109 cm³/mol. The molecule has 0 radical (unpaired) electrons. The van der Waals surface area contributed by atoms with Crippen LogP contribution in [0.4, 0.5) is 5.95 Å². The lowest BCUT2D eigenvalue weighted by Gasteiger charge is -2.14. The van der Waals surface area contributed by atoms with Crippen LogP contribution in [0.25, 0.3) is 10.2 Å². The third-order valence-corrected chi connectivity index (χ3v) is 5.13. The van der Waals surface area contributed by atoms with E-state index in [1.54, 1.807) is 24.8 Å². The monoisotopic (exact) mass is 390 g/mol. The van der Waals surface area contributed by atoms with E-state index in [1.807, 2.05) is 42.6 Å². The summed E-state index contributed by atoms with van der Waals surface area (Å²) in [6.07, 6.45) is 6.95. The molecule has 2 N–H and O–H groups in total. The molecule has 4 heterocycles. The van der Waals surface area contributed by atoms with Gasteiger partial charge in [-0.3, -0.25) is 14.8 Å². The van der Waals surface area contributed by atoms with Crippen molar-refractivity contribution in [2.75, 3.05) is 5.32 Å². The quantitative estimate of drug-likeness (QED) is 0.523. The molecule has 1 unspecified atom stereocenters. The molecule has 4 aromatic rings. The van der Waals surface area contributed by atoms with Gasteiger partial charge in [-0.2, -0.15) is 0 Å². The van der Waals surface area contributed by atoms with Gasteiger partial charge in [0.05, 0.1) is 16.3 Å². The van der Waals surface area contributed by atoms with E-state index < -0.39 is 0 Å². The molecular formula is C20H18N6OS. The Balaban J connectivity index is 1.57. The Kier molecular flexibility index (Phi) is 5.20. The molecule has 0 aliphatic carbocycles. The molecule has 0 bridgehead atoms. The lowest BCUT2D eigenvalue weighted by Crippen LogP contribution is -2.24. The Hall–Kier alpha value is -3.39.